The van der Waals surface area contributed by atoms with Gasteiger partial charge in [-0.25, -0.2) is 0 Å². The van der Waals surface area contributed by atoms with E-state index in [2.05, 4.69) is 10.6 Å². The molecule has 9 heteroatoms. The minimum absolute atomic E-state index is 0.0113. The number of thioether (sulfide) groups is 1. The van der Waals surface area contributed by atoms with Crippen molar-refractivity contribution >= 4 is 40.4 Å². The molecule has 128 valence electrons. The van der Waals surface area contributed by atoms with Crippen LogP contribution in [-0.4, -0.2) is 53.3 Å². The minimum Gasteiger partial charge on any atom is -0.492 e. The highest BCUT2D eigenvalue weighted by molar-refractivity contribution is 8.14. The molecule has 0 unspecified atom stereocenters. The lowest BCUT2D eigenvalue weighted by molar-refractivity contribution is -0.136. The summed E-state index contributed by atoms with van der Waals surface area (Å²) in [4.78, 5) is 47.5. The van der Waals surface area contributed by atoms with Crippen LogP contribution in [0.4, 0.5) is 10.5 Å². The number of ether oxygens (including phenoxy) is 1. The van der Waals surface area contributed by atoms with Crippen molar-refractivity contribution in [2.45, 2.75) is 6.92 Å². The van der Waals surface area contributed by atoms with Crippen molar-refractivity contribution in [3.8, 4) is 5.75 Å². The number of carbonyl (C=O) groups is 4. The maximum absolute atomic E-state index is 11.9. The molecule has 0 atom stereocenters. The Hall–Kier alpha value is -2.55. The molecule has 4 amide bonds. The Morgan fingerprint density at radius 2 is 2.00 bits per heavy atom. The van der Waals surface area contributed by atoms with Crippen LogP contribution in [0.25, 0.3) is 0 Å². The van der Waals surface area contributed by atoms with E-state index in [1.807, 2.05) is 6.92 Å². The molecule has 2 N–H and O–H groups in total. The third-order valence-corrected chi connectivity index (χ3v) is 3.96. The van der Waals surface area contributed by atoms with Crippen molar-refractivity contribution in [2.75, 3.05) is 30.8 Å². The number of para-hydroxylation sites is 2. The number of amides is 4. The van der Waals surface area contributed by atoms with E-state index in [9.17, 15) is 19.2 Å². The predicted octanol–water partition coefficient (Wildman–Crippen LogP) is 0.835. The smallest absolute Gasteiger partial charge is 0.313 e. The lowest BCUT2D eigenvalue weighted by atomic mass is 10.3. The lowest BCUT2D eigenvalue weighted by Crippen LogP contribution is -2.41. The number of carbonyl (C=O) groups excluding carboxylic acids is 4. The monoisotopic (exact) mass is 351 g/mol. The van der Waals surface area contributed by atoms with Gasteiger partial charge in [0, 0.05) is 13.1 Å². The van der Waals surface area contributed by atoms with Crippen LogP contribution in [0.3, 0.4) is 0 Å². The Labute approximate surface area is 142 Å². The van der Waals surface area contributed by atoms with Crippen molar-refractivity contribution < 1.29 is 23.9 Å². The maximum Gasteiger partial charge on any atom is 0.313 e. The molecule has 1 aromatic carbocycles. The number of hydrogen-bond donors (Lipinski definition) is 2. The Morgan fingerprint density at radius 3 is 2.67 bits per heavy atom. The molecule has 0 saturated carbocycles. The second kappa shape index (κ2) is 8.34. The first kappa shape index (κ1) is 17.8. The average molecular weight is 351 g/mol. The van der Waals surface area contributed by atoms with Gasteiger partial charge < -0.3 is 15.4 Å². The summed E-state index contributed by atoms with van der Waals surface area (Å²) < 4.78 is 5.36. The van der Waals surface area contributed by atoms with Gasteiger partial charge in [-0.2, -0.15) is 0 Å². The number of nitrogens with zero attached hydrogens (tertiary/aromatic N) is 1. The Bertz CT molecular complexity index is 648. The third kappa shape index (κ3) is 4.48. The largest absolute Gasteiger partial charge is 0.492 e. The summed E-state index contributed by atoms with van der Waals surface area (Å²) >= 11 is 0.918. The van der Waals surface area contributed by atoms with Crippen LogP contribution in [-0.2, 0) is 14.4 Å². The standard InChI is InChI=1S/C15H17N3O5S/c1-2-23-11-6-4-3-5-10(11)17-14(21)13(20)16-7-8-18-12(19)9-24-15(18)22/h3-6H,2,7-9H2,1H3,(H,16,20)(H,17,21). The average Bonchev–Trinajstić information content (AvgIpc) is 2.88. The zero-order chi connectivity index (χ0) is 17.5. The summed E-state index contributed by atoms with van der Waals surface area (Å²) in [5.74, 6) is -1.42. The van der Waals surface area contributed by atoms with Crippen molar-refractivity contribution in [3.05, 3.63) is 24.3 Å². The molecule has 24 heavy (non-hydrogen) atoms. The molecule has 1 aliphatic rings. The predicted molar refractivity (Wildman–Crippen MR) is 88.8 cm³/mol. The highest BCUT2D eigenvalue weighted by Crippen LogP contribution is 2.23. The molecule has 8 nitrogen and oxygen atoms in total. The Kier molecular flexibility index (Phi) is 6.19. The van der Waals surface area contributed by atoms with Crippen LogP contribution in [0, 0.1) is 0 Å². The first-order valence-corrected chi connectivity index (χ1v) is 8.29. The van der Waals surface area contributed by atoms with Crippen LogP contribution < -0.4 is 15.4 Å². The molecule has 0 aromatic heterocycles. The van der Waals surface area contributed by atoms with E-state index in [4.69, 9.17) is 4.74 Å². The molecule has 1 heterocycles. The van der Waals surface area contributed by atoms with Crippen LogP contribution >= 0.6 is 11.8 Å². The summed E-state index contributed by atoms with van der Waals surface area (Å²) in [7, 11) is 0. The van der Waals surface area contributed by atoms with E-state index in [-0.39, 0.29) is 30.0 Å². The van der Waals surface area contributed by atoms with Gasteiger partial charge in [-0.05, 0) is 19.1 Å². The topological polar surface area (TPSA) is 105 Å². The molecule has 1 fully saturated rings. The number of anilines is 1. The van der Waals surface area contributed by atoms with Crippen molar-refractivity contribution in [2.24, 2.45) is 0 Å². The normalized spacial score (nSPS) is 13.8. The Morgan fingerprint density at radius 1 is 1.25 bits per heavy atom. The fourth-order valence-electron chi connectivity index (χ4n) is 1.99. The van der Waals surface area contributed by atoms with Gasteiger partial charge in [0.1, 0.15) is 5.75 Å². The molecule has 1 aliphatic heterocycles. The third-order valence-electron chi connectivity index (χ3n) is 3.10. The number of imide groups is 1. The molecule has 0 aliphatic carbocycles. The number of nitrogens with one attached hydrogen (secondary N) is 2. The summed E-state index contributed by atoms with van der Waals surface area (Å²) in [5, 5.41) is 4.50. The van der Waals surface area contributed by atoms with Gasteiger partial charge in [0.05, 0.1) is 18.0 Å². The molecule has 1 saturated heterocycles. The van der Waals surface area contributed by atoms with Crippen molar-refractivity contribution in [1.82, 2.24) is 10.2 Å². The second-order valence-corrected chi connectivity index (χ2v) is 5.67. The van der Waals surface area contributed by atoms with Crippen molar-refractivity contribution in [1.29, 1.82) is 0 Å². The molecular formula is C15H17N3O5S. The molecule has 1 aromatic rings. The van der Waals surface area contributed by atoms with Crippen molar-refractivity contribution in [3.63, 3.8) is 0 Å². The van der Waals surface area contributed by atoms with Gasteiger partial charge in [-0.1, -0.05) is 23.9 Å². The quantitative estimate of drug-likeness (QED) is 0.736. The molecular weight excluding hydrogens is 334 g/mol. The number of benzene rings is 1. The van der Waals surface area contributed by atoms with Crippen LogP contribution in [0.15, 0.2) is 24.3 Å². The van der Waals surface area contributed by atoms with E-state index < -0.39 is 11.8 Å². The SMILES string of the molecule is CCOc1ccccc1NC(=O)C(=O)NCCN1C(=O)CSC1=O. The molecule has 2 rings (SSSR count). The van der Waals surface area contributed by atoms with E-state index in [1.165, 1.54) is 0 Å². The van der Waals surface area contributed by atoms with E-state index in [0.717, 1.165) is 16.7 Å². The highest BCUT2D eigenvalue weighted by atomic mass is 32.2. The van der Waals surface area contributed by atoms with Gasteiger partial charge in [0.15, 0.2) is 0 Å². The molecule has 0 radical (unpaired) electrons. The van der Waals surface area contributed by atoms with Gasteiger partial charge in [0.25, 0.3) is 5.24 Å². The van der Waals surface area contributed by atoms with E-state index >= 15 is 0 Å². The van der Waals surface area contributed by atoms with E-state index in [0.29, 0.717) is 18.0 Å². The highest BCUT2D eigenvalue weighted by Gasteiger charge is 2.29. The first-order chi connectivity index (χ1) is 11.5. The zero-order valence-electron chi connectivity index (χ0n) is 13.0. The van der Waals surface area contributed by atoms with E-state index in [1.54, 1.807) is 24.3 Å². The summed E-state index contributed by atoms with van der Waals surface area (Å²) in [6, 6.07) is 6.76. The first-order valence-electron chi connectivity index (χ1n) is 7.31. The van der Waals surface area contributed by atoms with Crippen LogP contribution in [0.2, 0.25) is 0 Å². The number of rotatable bonds is 6. The lowest BCUT2D eigenvalue weighted by Gasteiger charge is -2.13. The van der Waals surface area contributed by atoms with Crippen LogP contribution in [0.5, 0.6) is 5.75 Å². The maximum atomic E-state index is 11.9. The zero-order valence-corrected chi connectivity index (χ0v) is 13.9. The fraction of sp³-hybridized carbons (Fsp3) is 0.333. The van der Waals surface area contributed by atoms with Crippen LogP contribution in [0.1, 0.15) is 6.92 Å². The molecule has 0 bridgehead atoms. The van der Waals surface area contributed by atoms with Gasteiger partial charge in [-0.15, -0.1) is 0 Å². The summed E-state index contributed by atoms with van der Waals surface area (Å²) in [5.41, 5.74) is 0.390. The molecule has 0 spiro atoms. The van der Waals surface area contributed by atoms with Gasteiger partial charge in [0.2, 0.25) is 5.91 Å². The summed E-state index contributed by atoms with van der Waals surface area (Å²) in [6.07, 6.45) is 0. The minimum atomic E-state index is -0.854. The van der Waals surface area contributed by atoms with Gasteiger partial charge >= 0.3 is 11.8 Å². The Balaban J connectivity index is 1.83. The van der Waals surface area contributed by atoms with Gasteiger partial charge in [-0.3, -0.25) is 24.1 Å². The fourth-order valence-corrected chi connectivity index (χ4v) is 2.74. The summed E-state index contributed by atoms with van der Waals surface area (Å²) in [6.45, 7) is 2.29. The number of hydrogen-bond acceptors (Lipinski definition) is 6. The second-order valence-electron chi connectivity index (χ2n) is 4.74.